The van der Waals surface area contributed by atoms with Gasteiger partial charge < -0.3 is 10.2 Å². The molecule has 0 unspecified atom stereocenters. The second-order valence-corrected chi connectivity index (χ2v) is 8.63. The number of rotatable bonds is 7. The Bertz CT molecular complexity index is 1130. The molecule has 0 fully saturated rings. The molecule has 33 heavy (non-hydrogen) atoms. The summed E-state index contributed by atoms with van der Waals surface area (Å²) in [7, 11) is 0. The minimum atomic E-state index is -4.95. The van der Waals surface area contributed by atoms with E-state index < -0.39 is 17.9 Å². The smallest absolute Gasteiger partial charge is 0.388 e. The fourth-order valence-corrected chi connectivity index (χ4v) is 4.06. The van der Waals surface area contributed by atoms with Crippen LogP contribution in [0, 0.1) is 20.8 Å². The molecular weight excluding hydrogens is 425 g/mol. The van der Waals surface area contributed by atoms with Crippen LogP contribution in [-0.4, -0.2) is 16.4 Å². The molecule has 0 bridgehead atoms. The zero-order valence-corrected chi connectivity index (χ0v) is 19.0. The summed E-state index contributed by atoms with van der Waals surface area (Å²) in [5.41, 5.74) is 0.0282. The summed E-state index contributed by atoms with van der Waals surface area (Å²) in [6.45, 7) is 5.43. The lowest BCUT2D eigenvalue weighted by molar-refractivity contribution is -0.250. The second-order valence-electron chi connectivity index (χ2n) is 8.63. The van der Waals surface area contributed by atoms with Gasteiger partial charge in [-0.25, -0.2) is 0 Å². The fraction of sp³-hybridized carbons (Fsp3) is 0.286. The van der Waals surface area contributed by atoms with Crippen LogP contribution in [0.3, 0.4) is 0 Å². The minimum absolute atomic E-state index is 0.0330. The molecule has 2 nitrogen and oxygen atoms in total. The van der Waals surface area contributed by atoms with Crippen LogP contribution in [0.4, 0.5) is 13.2 Å². The highest BCUT2D eigenvalue weighted by molar-refractivity contribution is 5.58. The lowest BCUT2D eigenvalue weighted by Gasteiger charge is -2.34. The van der Waals surface area contributed by atoms with Gasteiger partial charge in [0.1, 0.15) is 0 Å². The number of alkyl halides is 3. The molecule has 3 rings (SSSR count). The molecule has 2 N–H and O–H groups in total. The molecule has 0 amide bonds. The minimum Gasteiger partial charge on any atom is -0.388 e. The van der Waals surface area contributed by atoms with Crippen LogP contribution < -0.4 is 0 Å². The van der Waals surface area contributed by atoms with Gasteiger partial charge in [-0.15, -0.1) is 0 Å². The quantitative estimate of drug-likeness (QED) is 0.405. The Hall–Kier alpha value is -2.89. The summed E-state index contributed by atoms with van der Waals surface area (Å²) in [5, 5.41) is 22.0. The number of aryl methyl sites for hydroxylation is 3. The van der Waals surface area contributed by atoms with Gasteiger partial charge >= 0.3 is 6.18 Å². The fourth-order valence-electron chi connectivity index (χ4n) is 4.06. The van der Waals surface area contributed by atoms with Gasteiger partial charge in [-0.3, -0.25) is 0 Å². The highest BCUT2D eigenvalue weighted by Crippen LogP contribution is 2.47. The van der Waals surface area contributed by atoms with Gasteiger partial charge in [0, 0.05) is 0 Å². The number of aliphatic hydroxyl groups excluding tert-OH is 1. The van der Waals surface area contributed by atoms with Crippen molar-refractivity contribution in [2.24, 2.45) is 0 Å². The molecule has 5 heteroatoms. The van der Waals surface area contributed by atoms with E-state index >= 15 is 0 Å². The Morgan fingerprint density at radius 3 is 2.00 bits per heavy atom. The van der Waals surface area contributed by atoms with Crippen LogP contribution >= 0.6 is 0 Å². The molecular formula is C28H29F3O2. The van der Waals surface area contributed by atoms with Gasteiger partial charge in [0.15, 0.2) is 0 Å². The average Bonchev–Trinajstić information content (AvgIpc) is 2.75. The first-order chi connectivity index (χ1) is 15.5. The third-order valence-corrected chi connectivity index (χ3v) is 5.81. The van der Waals surface area contributed by atoms with Gasteiger partial charge in [-0.1, -0.05) is 95.6 Å². The first kappa shape index (κ1) is 24.7. The third-order valence-electron chi connectivity index (χ3n) is 5.81. The first-order valence-electron chi connectivity index (χ1n) is 10.9. The molecule has 0 aliphatic rings. The molecule has 174 valence electrons. The Morgan fingerprint density at radius 1 is 0.848 bits per heavy atom. The summed E-state index contributed by atoms with van der Waals surface area (Å²) >= 11 is 0. The summed E-state index contributed by atoms with van der Waals surface area (Å²) in [6, 6.07) is 20.2. The van der Waals surface area contributed by atoms with Crippen molar-refractivity contribution in [3.05, 3.63) is 112 Å². The van der Waals surface area contributed by atoms with Gasteiger partial charge in [0.05, 0.1) is 6.10 Å². The van der Waals surface area contributed by atoms with E-state index in [2.05, 4.69) is 0 Å². The molecule has 3 aromatic carbocycles. The second kappa shape index (κ2) is 9.94. The van der Waals surface area contributed by atoms with E-state index in [4.69, 9.17) is 0 Å². The van der Waals surface area contributed by atoms with Crippen molar-refractivity contribution in [1.29, 1.82) is 0 Å². The predicted molar refractivity (Wildman–Crippen MR) is 126 cm³/mol. The Balaban J connectivity index is 2.08. The summed E-state index contributed by atoms with van der Waals surface area (Å²) in [5.74, 6) is 0. The van der Waals surface area contributed by atoms with Crippen molar-refractivity contribution in [3.63, 3.8) is 0 Å². The number of hydrogen-bond acceptors (Lipinski definition) is 2. The molecule has 0 saturated carbocycles. The Labute approximate surface area is 193 Å². The summed E-state index contributed by atoms with van der Waals surface area (Å²) < 4.78 is 43.5. The van der Waals surface area contributed by atoms with Crippen molar-refractivity contribution >= 4 is 6.08 Å². The zero-order valence-electron chi connectivity index (χ0n) is 19.0. The Morgan fingerprint density at radius 2 is 1.42 bits per heavy atom. The van der Waals surface area contributed by atoms with Gasteiger partial charge in [0.25, 0.3) is 0 Å². The largest absolute Gasteiger partial charge is 0.425 e. The molecule has 0 radical (unpaired) electrons. The maximum atomic E-state index is 14.5. The van der Waals surface area contributed by atoms with Crippen molar-refractivity contribution in [2.45, 2.75) is 51.5 Å². The van der Waals surface area contributed by atoms with E-state index in [1.807, 2.05) is 32.0 Å². The van der Waals surface area contributed by atoms with Crippen LogP contribution in [0.2, 0.25) is 0 Å². The van der Waals surface area contributed by atoms with Crippen LogP contribution in [0.25, 0.3) is 6.08 Å². The van der Waals surface area contributed by atoms with Gasteiger partial charge in [-0.2, -0.15) is 13.2 Å². The number of halogens is 3. The van der Waals surface area contributed by atoms with E-state index in [9.17, 15) is 23.4 Å². The third kappa shape index (κ3) is 5.73. The molecule has 0 saturated heterocycles. The maximum Gasteiger partial charge on any atom is 0.425 e. The van der Waals surface area contributed by atoms with Crippen LogP contribution in [0.15, 0.2) is 78.4 Å². The first-order valence-corrected chi connectivity index (χ1v) is 10.9. The topological polar surface area (TPSA) is 40.5 Å². The lowest BCUT2D eigenvalue weighted by atomic mass is 9.80. The predicted octanol–water partition coefficient (Wildman–Crippen LogP) is 6.96. The van der Waals surface area contributed by atoms with E-state index in [1.54, 1.807) is 43.3 Å². The SMILES string of the molecule is Cc1cccc(/C=C(\CC[C@H](O)c2cccc(C)c2)[C@](O)(c2cccc(C)c2)C(F)(F)F)c1. The summed E-state index contributed by atoms with van der Waals surface area (Å²) in [4.78, 5) is 0. The van der Waals surface area contributed by atoms with Gasteiger partial charge in [0.2, 0.25) is 5.60 Å². The molecule has 2 atom stereocenters. The summed E-state index contributed by atoms with van der Waals surface area (Å²) in [6.07, 6.45) is -4.63. The highest BCUT2D eigenvalue weighted by Gasteiger charge is 2.57. The van der Waals surface area contributed by atoms with Gasteiger partial charge in [-0.05, 0) is 55.9 Å². The highest BCUT2D eigenvalue weighted by atomic mass is 19.4. The van der Waals surface area contributed by atoms with Crippen LogP contribution in [0.1, 0.15) is 52.3 Å². The van der Waals surface area contributed by atoms with Crippen molar-refractivity contribution in [2.75, 3.05) is 0 Å². The molecule has 0 aliphatic carbocycles. The Kier molecular flexibility index (Phi) is 7.45. The van der Waals surface area contributed by atoms with Crippen LogP contribution in [0.5, 0.6) is 0 Å². The standard InChI is InChI=1S/C28H29F3O2/c1-19-7-4-10-22(15-19)18-25(13-14-26(32)23-11-5-8-20(2)16-23)27(33,28(29,30)31)24-12-6-9-21(3)17-24/h4-12,15-18,26,32-33H,13-14H2,1-3H3/b25-18+/t26-,27+/m0/s1. The zero-order chi connectivity index (χ0) is 24.2. The van der Waals surface area contributed by atoms with E-state index in [0.29, 0.717) is 16.7 Å². The van der Waals surface area contributed by atoms with Crippen LogP contribution in [-0.2, 0) is 5.60 Å². The number of aliphatic hydroxyl groups is 2. The number of benzene rings is 3. The monoisotopic (exact) mass is 454 g/mol. The van der Waals surface area contributed by atoms with Crippen molar-refractivity contribution in [1.82, 2.24) is 0 Å². The molecule has 3 aromatic rings. The maximum absolute atomic E-state index is 14.5. The molecule has 0 aromatic heterocycles. The average molecular weight is 455 g/mol. The van der Waals surface area contributed by atoms with E-state index in [0.717, 1.165) is 11.1 Å². The van der Waals surface area contributed by atoms with E-state index in [1.165, 1.54) is 24.3 Å². The normalized spacial score (nSPS) is 15.2. The number of hydrogen-bond donors (Lipinski definition) is 2. The van der Waals surface area contributed by atoms with E-state index in [-0.39, 0.29) is 24.0 Å². The van der Waals surface area contributed by atoms with Crippen molar-refractivity contribution < 1.29 is 23.4 Å². The molecule has 0 heterocycles. The lowest BCUT2D eigenvalue weighted by Crippen LogP contribution is -2.44. The van der Waals surface area contributed by atoms with Crippen molar-refractivity contribution in [3.8, 4) is 0 Å². The molecule has 0 aliphatic heterocycles. The molecule has 0 spiro atoms.